The molecule has 2 aromatic carbocycles. The second-order valence-electron chi connectivity index (χ2n) is 5.23. The Morgan fingerprint density at radius 3 is 2.57 bits per heavy atom. The van der Waals surface area contributed by atoms with E-state index in [1.54, 1.807) is 0 Å². The molecule has 0 spiro atoms. The average Bonchev–Trinajstić information content (AvgIpc) is 2.93. The second-order valence-corrected chi connectivity index (χ2v) is 6.15. The van der Waals surface area contributed by atoms with E-state index in [2.05, 4.69) is 35.6 Å². The van der Waals surface area contributed by atoms with Gasteiger partial charge in [-0.15, -0.1) is 11.3 Å². The minimum atomic E-state index is -0.0105. The lowest BCUT2D eigenvalue weighted by Gasteiger charge is -2.15. The van der Waals surface area contributed by atoms with E-state index >= 15 is 0 Å². The standard InChI is InChI=1S/C18H17NOS/c1-12-9-10-21-17(12)18(20)19-13(2)15-8-7-14-5-3-4-6-16(14)11-15/h3-11,13H,1-2H3,(H,19,20). The molecule has 1 N–H and O–H groups in total. The number of hydrogen-bond acceptors (Lipinski definition) is 2. The maximum Gasteiger partial charge on any atom is 0.262 e. The van der Waals surface area contributed by atoms with Crippen molar-refractivity contribution in [2.45, 2.75) is 19.9 Å². The van der Waals surface area contributed by atoms with Crippen LogP contribution in [-0.4, -0.2) is 5.91 Å². The Morgan fingerprint density at radius 1 is 1.10 bits per heavy atom. The van der Waals surface area contributed by atoms with E-state index in [1.165, 1.54) is 22.1 Å². The number of hydrogen-bond donors (Lipinski definition) is 1. The summed E-state index contributed by atoms with van der Waals surface area (Å²) in [5.41, 5.74) is 2.15. The molecule has 3 heteroatoms. The van der Waals surface area contributed by atoms with E-state index in [0.717, 1.165) is 16.0 Å². The quantitative estimate of drug-likeness (QED) is 0.745. The summed E-state index contributed by atoms with van der Waals surface area (Å²) >= 11 is 1.49. The van der Waals surface area contributed by atoms with Gasteiger partial charge in [-0.1, -0.05) is 36.4 Å². The Kier molecular flexibility index (Phi) is 3.76. The SMILES string of the molecule is Cc1ccsc1C(=O)NC(C)c1ccc2ccccc2c1. The molecular weight excluding hydrogens is 278 g/mol. The van der Waals surface area contributed by atoms with Gasteiger partial charge < -0.3 is 5.32 Å². The Bertz CT molecular complexity index is 791. The van der Waals surface area contributed by atoms with Gasteiger partial charge in [-0.05, 0) is 53.3 Å². The number of benzene rings is 2. The number of thiophene rings is 1. The number of amides is 1. The fraction of sp³-hybridized carbons (Fsp3) is 0.167. The van der Waals surface area contributed by atoms with Gasteiger partial charge in [0.2, 0.25) is 0 Å². The zero-order valence-electron chi connectivity index (χ0n) is 12.1. The van der Waals surface area contributed by atoms with Crippen LogP contribution in [0.15, 0.2) is 53.9 Å². The highest BCUT2D eigenvalue weighted by molar-refractivity contribution is 7.12. The van der Waals surface area contributed by atoms with Gasteiger partial charge in [0.25, 0.3) is 5.91 Å². The van der Waals surface area contributed by atoms with Crippen molar-refractivity contribution in [3.8, 4) is 0 Å². The fourth-order valence-electron chi connectivity index (χ4n) is 2.43. The van der Waals surface area contributed by atoms with E-state index in [1.807, 2.05) is 37.4 Å². The molecule has 3 rings (SSSR count). The van der Waals surface area contributed by atoms with Gasteiger partial charge in [-0.2, -0.15) is 0 Å². The first-order chi connectivity index (χ1) is 10.1. The molecule has 0 radical (unpaired) electrons. The molecule has 1 aromatic heterocycles. The lowest BCUT2D eigenvalue weighted by atomic mass is 10.0. The highest BCUT2D eigenvalue weighted by Crippen LogP contribution is 2.22. The van der Waals surface area contributed by atoms with Crippen molar-refractivity contribution in [1.82, 2.24) is 5.32 Å². The third kappa shape index (κ3) is 2.83. The monoisotopic (exact) mass is 295 g/mol. The van der Waals surface area contributed by atoms with Crippen LogP contribution in [0.2, 0.25) is 0 Å². The molecule has 106 valence electrons. The summed E-state index contributed by atoms with van der Waals surface area (Å²) in [4.78, 5) is 13.1. The highest BCUT2D eigenvalue weighted by Gasteiger charge is 2.14. The van der Waals surface area contributed by atoms with E-state index < -0.39 is 0 Å². The molecule has 0 bridgehead atoms. The molecule has 21 heavy (non-hydrogen) atoms. The van der Waals surface area contributed by atoms with Crippen LogP contribution in [0, 0.1) is 6.92 Å². The Balaban J connectivity index is 1.82. The third-order valence-corrected chi connectivity index (χ3v) is 4.70. The Hall–Kier alpha value is -2.13. The van der Waals surface area contributed by atoms with Crippen LogP contribution in [0.1, 0.15) is 33.8 Å². The predicted octanol–water partition coefficient (Wildman–Crippen LogP) is 4.70. The van der Waals surface area contributed by atoms with Crippen LogP contribution in [0.3, 0.4) is 0 Å². The molecule has 0 aliphatic heterocycles. The molecule has 1 heterocycles. The van der Waals surface area contributed by atoms with Gasteiger partial charge in [0.15, 0.2) is 0 Å². The number of nitrogens with one attached hydrogen (secondary N) is 1. The Labute approximate surface area is 128 Å². The van der Waals surface area contributed by atoms with Crippen molar-refractivity contribution in [1.29, 1.82) is 0 Å². The van der Waals surface area contributed by atoms with Gasteiger partial charge >= 0.3 is 0 Å². The molecule has 0 fully saturated rings. The summed E-state index contributed by atoms with van der Waals surface area (Å²) < 4.78 is 0. The van der Waals surface area contributed by atoms with Crippen LogP contribution in [0.4, 0.5) is 0 Å². The summed E-state index contributed by atoms with van der Waals surface area (Å²) in [6.45, 7) is 3.98. The van der Waals surface area contributed by atoms with Crippen molar-refractivity contribution in [2.24, 2.45) is 0 Å². The fourth-order valence-corrected chi connectivity index (χ4v) is 3.26. The molecule has 2 nitrogen and oxygen atoms in total. The second kappa shape index (κ2) is 5.70. The van der Waals surface area contributed by atoms with Crippen LogP contribution in [0.25, 0.3) is 10.8 Å². The van der Waals surface area contributed by atoms with E-state index in [9.17, 15) is 4.79 Å². The minimum Gasteiger partial charge on any atom is -0.345 e. The van der Waals surface area contributed by atoms with E-state index in [-0.39, 0.29) is 11.9 Å². The van der Waals surface area contributed by atoms with Crippen LogP contribution < -0.4 is 5.32 Å². The van der Waals surface area contributed by atoms with Gasteiger partial charge in [0.1, 0.15) is 0 Å². The lowest BCUT2D eigenvalue weighted by molar-refractivity contribution is 0.0943. The molecule has 1 atom stereocenters. The molecule has 3 aromatic rings. The first-order valence-corrected chi connectivity index (χ1v) is 7.87. The van der Waals surface area contributed by atoms with Crippen molar-refractivity contribution < 1.29 is 4.79 Å². The summed E-state index contributed by atoms with van der Waals surface area (Å²) in [5, 5.41) is 7.44. The van der Waals surface area contributed by atoms with Gasteiger partial charge in [0.05, 0.1) is 10.9 Å². The van der Waals surface area contributed by atoms with Crippen molar-refractivity contribution in [3.05, 3.63) is 69.9 Å². The molecule has 1 amide bonds. The first kappa shape index (κ1) is 13.8. The molecule has 0 saturated carbocycles. The van der Waals surface area contributed by atoms with Gasteiger partial charge in [0, 0.05) is 0 Å². The van der Waals surface area contributed by atoms with Crippen molar-refractivity contribution in [3.63, 3.8) is 0 Å². The number of rotatable bonds is 3. The largest absolute Gasteiger partial charge is 0.345 e. The zero-order chi connectivity index (χ0) is 14.8. The van der Waals surface area contributed by atoms with Crippen LogP contribution in [0.5, 0.6) is 0 Å². The average molecular weight is 295 g/mol. The normalized spacial score (nSPS) is 12.3. The molecular formula is C18H17NOS. The maximum absolute atomic E-state index is 12.3. The van der Waals surface area contributed by atoms with E-state index in [0.29, 0.717) is 0 Å². The maximum atomic E-state index is 12.3. The van der Waals surface area contributed by atoms with Gasteiger partial charge in [-0.3, -0.25) is 4.79 Å². The minimum absolute atomic E-state index is 0.00292. The number of carbonyl (C=O) groups excluding carboxylic acids is 1. The number of aryl methyl sites for hydroxylation is 1. The molecule has 1 unspecified atom stereocenters. The summed E-state index contributed by atoms with van der Waals surface area (Å²) in [6.07, 6.45) is 0. The van der Waals surface area contributed by atoms with Crippen molar-refractivity contribution in [2.75, 3.05) is 0 Å². The molecule has 0 aliphatic carbocycles. The van der Waals surface area contributed by atoms with Gasteiger partial charge in [-0.25, -0.2) is 0 Å². The lowest BCUT2D eigenvalue weighted by Crippen LogP contribution is -2.26. The number of carbonyl (C=O) groups is 1. The highest BCUT2D eigenvalue weighted by atomic mass is 32.1. The predicted molar refractivity (Wildman–Crippen MR) is 88.9 cm³/mol. The summed E-state index contributed by atoms with van der Waals surface area (Å²) in [6, 6.07) is 16.5. The summed E-state index contributed by atoms with van der Waals surface area (Å²) in [5.74, 6) is 0.00292. The Morgan fingerprint density at radius 2 is 1.86 bits per heavy atom. The number of fused-ring (bicyclic) bond motifs is 1. The van der Waals surface area contributed by atoms with Crippen molar-refractivity contribution >= 4 is 28.0 Å². The van der Waals surface area contributed by atoms with Crippen LogP contribution >= 0.6 is 11.3 Å². The summed E-state index contributed by atoms with van der Waals surface area (Å²) in [7, 11) is 0. The smallest absolute Gasteiger partial charge is 0.262 e. The first-order valence-electron chi connectivity index (χ1n) is 6.99. The topological polar surface area (TPSA) is 29.1 Å². The zero-order valence-corrected chi connectivity index (χ0v) is 12.9. The van der Waals surface area contributed by atoms with E-state index in [4.69, 9.17) is 0 Å². The molecule has 0 aliphatic rings. The third-order valence-electron chi connectivity index (χ3n) is 3.69. The van der Waals surface area contributed by atoms with Crippen LogP contribution in [-0.2, 0) is 0 Å². The molecule has 0 saturated heterocycles.